The van der Waals surface area contributed by atoms with Crippen molar-refractivity contribution >= 4 is 22.7 Å². The molecule has 1 aromatic carbocycles. The largest absolute Gasteiger partial charge is 0.361 e. The zero-order valence-electron chi connectivity index (χ0n) is 12.8. The van der Waals surface area contributed by atoms with Crippen molar-refractivity contribution in [2.24, 2.45) is 0 Å². The first-order valence-electron chi connectivity index (χ1n) is 7.73. The van der Waals surface area contributed by atoms with Gasteiger partial charge in [-0.25, -0.2) is 0 Å². The molecule has 1 saturated heterocycles. The van der Waals surface area contributed by atoms with Crippen molar-refractivity contribution in [3.63, 3.8) is 0 Å². The van der Waals surface area contributed by atoms with Crippen LogP contribution < -0.4 is 5.32 Å². The molecule has 0 saturated carbocycles. The minimum absolute atomic E-state index is 0.0472. The van der Waals surface area contributed by atoms with Gasteiger partial charge in [0.2, 0.25) is 11.8 Å². The number of para-hydroxylation sites is 1. The van der Waals surface area contributed by atoms with Crippen LogP contribution in [0.1, 0.15) is 25.3 Å². The first-order chi connectivity index (χ1) is 10.6. The van der Waals surface area contributed by atoms with Gasteiger partial charge in [-0.15, -0.1) is 0 Å². The van der Waals surface area contributed by atoms with Gasteiger partial charge in [0, 0.05) is 43.2 Å². The number of hydrogen-bond acceptors (Lipinski definition) is 2. The van der Waals surface area contributed by atoms with Crippen molar-refractivity contribution in [2.45, 2.75) is 32.2 Å². The van der Waals surface area contributed by atoms with E-state index in [1.165, 1.54) is 0 Å². The van der Waals surface area contributed by atoms with Crippen molar-refractivity contribution in [3.8, 4) is 0 Å². The molecule has 5 nitrogen and oxygen atoms in total. The number of nitrogens with one attached hydrogen (secondary N) is 2. The first-order valence-corrected chi connectivity index (χ1v) is 7.73. The molecule has 2 aromatic rings. The molecule has 1 aromatic heterocycles. The van der Waals surface area contributed by atoms with Crippen LogP contribution in [0.2, 0.25) is 0 Å². The molecule has 3 rings (SSSR count). The van der Waals surface area contributed by atoms with E-state index in [0.717, 1.165) is 42.4 Å². The smallest absolute Gasteiger partial charge is 0.224 e. The summed E-state index contributed by atoms with van der Waals surface area (Å²) in [4.78, 5) is 28.6. The van der Waals surface area contributed by atoms with Gasteiger partial charge in [-0.2, -0.15) is 0 Å². The summed E-state index contributed by atoms with van der Waals surface area (Å²) in [5.41, 5.74) is 2.08. The zero-order chi connectivity index (χ0) is 15.5. The van der Waals surface area contributed by atoms with Crippen molar-refractivity contribution < 1.29 is 9.59 Å². The summed E-state index contributed by atoms with van der Waals surface area (Å²) in [6, 6.07) is 8.17. The third-order valence-electron chi connectivity index (χ3n) is 4.33. The van der Waals surface area contributed by atoms with Crippen LogP contribution in [0.15, 0.2) is 30.5 Å². The van der Waals surface area contributed by atoms with Crippen LogP contribution in [0.4, 0.5) is 0 Å². The minimum Gasteiger partial charge on any atom is -0.361 e. The summed E-state index contributed by atoms with van der Waals surface area (Å²) in [5, 5.41) is 4.19. The van der Waals surface area contributed by atoms with Crippen molar-refractivity contribution in [3.05, 3.63) is 36.0 Å². The van der Waals surface area contributed by atoms with Gasteiger partial charge in [0.05, 0.1) is 6.42 Å². The molecule has 2 heterocycles. The van der Waals surface area contributed by atoms with Gasteiger partial charge in [-0.1, -0.05) is 18.2 Å². The summed E-state index contributed by atoms with van der Waals surface area (Å²) < 4.78 is 0. The number of aromatic amines is 1. The number of rotatable bonds is 3. The maximum absolute atomic E-state index is 12.2. The molecule has 0 bridgehead atoms. The van der Waals surface area contributed by atoms with E-state index in [1.807, 2.05) is 35.4 Å². The molecular weight excluding hydrogens is 278 g/mol. The number of aromatic nitrogens is 1. The second kappa shape index (κ2) is 6.22. The van der Waals surface area contributed by atoms with Crippen molar-refractivity contribution in [2.75, 3.05) is 13.1 Å². The Balaban J connectivity index is 1.56. The van der Waals surface area contributed by atoms with Gasteiger partial charge in [-0.05, 0) is 24.5 Å². The molecule has 0 spiro atoms. The lowest BCUT2D eigenvalue weighted by molar-refractivity contribution is -0.130. The predicted molar refractivity (Wildman–Crippen MR) is 85.4 cm³/mol. The van der Waals surface area contributed by atoms with E-state index in [9.17, 15) is 9.59 Å². The molecule has 2 amide bonds. The highest BCUT2D eigenvalue weighted by molar-refractivity contribution is 5.88. The lowest BCUT2D eigenvalue weighted by Crippen LogP contribution is -2.46. The highest BCUT2D eigenvalue weighted by atomic mass is 16.2. The second-order valence-corrected chi connectivity index (χ2v) is 5.88. The average Bonchev–Trinajstić information content (AvgIpc) is 2.91. The fraction of sp³-hybridized carbons (Fsp3) is 0.412. The fourth-order valence-electron chi connectivity index (χ4n) is 3.07. The molecule has 0 atom stereocenters. The lowest BCUT2D eigenvalue weighted by atomic mass is 10.0. The van der Waals surface area contributed by atoms with E-state index >= 15 is 0 Å². The molecule has 2 N–H and O–H groups in total. The summed E-state index contributed by atoms with van der Waals surface area (Å²) >= 11 is 0. The van der Waals surface area contributed by atoms with Crippen LogP contribution in [-0.2, 0) is 16.0 Å². The van der Waals surface area contributed by atoms with Gasteiger partial charge in [0.1, 0.15) is 0 Å². The van der Waals surface area contributed by atoms with Crippen LogP contribution in [0.5, 0.6) is 0 Å². The van der Waals surface area contributed by atoms with Crippen molar-refractivity contribution in [1.82, 2.24) is 15.2 Å². The molecule has 0 radical (unpaired) electrons. The Morgan fingerprint density at radius 1 is 1.27 bits per heavy atom. The van der Waals surface area contributed by atoms with Gasteiger partial charge in [0.15, 0.2) is 0 Å². The summed E-state index contributed by atoms with van der Waals surface area (Å²) in [6.45, 7) is 3.05. The Hall–Kier alpha value is -2.30. The number of likely N-dealkylation sites (tertiary alicyclic amines) is 1. The molecule has 1 aliphatic rings. The SMILES string of the molecule is CC(=O)N1CCC(NC(=O)Cc2c[nH]c3ccccc23)CC1. The normalized spacial score (nSPS) is 16.0. The van der Waals surface area contributed by atoms with E-state index in [-0.39, 0.29) is 17.9 Å². The zero-order valence-corrected chi connectivity index (χ0v) is 12.8. The number of fused-ring (bicyclic) bond motifs is 1. The van der Waals surface area contributed by atoms with Gasteiger partial charge in [-0.3, -0.25) is 9.59 Å². The Morgan fingerprint density at radius 3 is 2.73 bits per heavy atom. The average molecular weight is 299 g/mol. The highest BCUT2D eigenvalue weighted by Gasteiger charge is 2.22. The minimum atomic E-state index is 0.0472. The van der Waals surface area contributed by atoms with Crippen LogP contribution in [0, 0.1) is 0 Å². The molecule has 1 fully saturated rings. The van der Waals surface area contributed by atoms with E-state index in [0.29, 0.717) is 6.42 Å². The summed E-state index contributed by atoms with van der Waals surface area (Å²) in [6.07, 6.45) is 3.96. The van der Waals surface area contributed by atoms with Crippen LogP contribution >= 0.6 is 0 Å². The van der Waals surface area contributed by atoms with E-state index in [4.69, 9.17) is 0 Å². The fourth-order valence-corrected chi connectivity index (χ4v) is 3.07. The second-order valence-electron chi connectivity index (χ2n) is 5.88. The van der Waals surface area contributed by atoms with E-state index in [1.54, 1.807) is 6.92 Å². The summed E-state index contributed by atoms with van der Waals surface area (Å²) in [7, 11) is 0. The molecular formula is C17H21N3O2. The number of piperidine rings is 1. The molecule has 0 aliphatic carbocycles. The Morgan fingerprint density at radius 2 is 2.00 bits per heavy atom. The van der Waals surface area contributed by atoms with E-state index < -0.39 is 0 Å². The van der Waals surface area contributed by atoms with Gasteiger partial charge in [0.25, 0.3) is 0 Å². The van der Waals surface area contributed by atoms with Gasteiger partial charge < -0.3 is 15.2 Å². The Labute approximate surface area is 129 Å². The maximum atomic E-state index is 12.2. The third kappa shape index (κ3) is 3.13. The number of hydrogen-bond donors (Lipinski definition) is 2. The first kappa shape index (κ1) is 14.6. The Kier molecular flexibility index (Phi) is 4.13. The molecule has 5 heteroatoms. The maximum Gasteiger partial charge on any atom is 0.224 e. The Bertz CT molecular complexity index is 684. The van der Waals surface area contributed by atoms with Crippen molar-refractivity contribution in [1.29, 1.82) is 0 Å². The third-order valence-corrected chi connectivity index (χ3v) is 4.33. The standard InChI is InChI=1S/C17H21N3O2/c1-12(21)20-8-6-14(7-9-20)19-17(22)10-13-11-18-16-5-3-2-4-15(13)16/h2-5,11,14,18H,6-10H2,1H3,(H,19,22). The monoisotopic (exact) mass is 299 g/mol. The number of nitrogens with zero attached hydrogens (tertiary/aromatic N) is 1. The molecule has 1 aliphatic heterocycles. The number of benzene rings is 1. The number of H-pyrrole nitrogens is 1. The molecule has 116 valence electrons. The van der Waals surface area contributed by atoms with Crippen LogP contribution in [-0.4, -0.2) is 40.8 Å². The predicted octanol–water partition coefficient (Wildman–Crippen LogP) is 1.84. The number of amides is 2. The van der Waals surface area contributed by atoms with E-state index in [2.05, 4.69) is 10.3 Å². The summed E-state index contributed by atoms with van der Waals surface area (Å²) in [5.74, 6) is 0.162. The molecule has 22 heavy (non-hydrogen) atoms. The molecule has 0 unspecified atom stereocenters. The highest BCUT2D eigenvalue weighted by Crippen LogP contribution is 2.18. The topological polar surface area (TPSA) is 65.2 Å². The van der Waals surface area contributed by atoms with Crippen LogP contribution in [0.25, 0.3) is 10.9 Å². The number of carbonyl (C=O) groups excluding carboxylic acids is 2. The number of carbonyl (C=O) groups is 2. The van der Waals surface area contributed by atoms with Gasteiger partial charge >= 0.3 is 0 Å². The van der Waals surface area contributed by atoms with Crippen LogP contribution in [0.3, 0.4) is 0 Å². The quantitative estimate of drug-likeness (QED) is 0.908. The lowest BCUT2D eigenvalue weighted by Gasteiger charge is -2.31.